The van der Waals surface area contributed by atoms with Crippen LogP contribution in [0, 0.1) is 6.92 Å². The van der Waals surface area contributed by atoms with Crippen molar-refractivity contribution in [1.82, 2.24) is 9.78 Å². The summed E-state index contributed by atoms with van der Waals surface area (Å²) >= 11 is 0. The first kappa shape index (κ1) is 13.9. The van der Waals surface area contributed by atoms with Crippen LogP contribution in [0.5, 0.6) is 5.75 Å². The minimum atomic E-state index is -2.46. The lowest BCUT2D eigenvalue weighted by Crippen LogP contribution is -2.31. The highest BCUT2D eigenvalue weighted by Gasteiger charge is 2.35. The van der Waals surface area contributed by atoms with Crippen LogP contribution in [0.25, 0.3) is 0 Å². The van der Waals surface area contributed by atoms with Gasteiger partial charge in [-0.2, -0.15) is 5.10 Å². The number of ether oxygens (including phenoxy) is 1. The number of hydrogen-bond donors (Lipinski definition) is 1. The standard InChI is InChI=1S/C15H17F2N3O/c1-9-7-14-18-11(8-12(15(16)17)20(14)19-9)10-5-3-4-6-13(10)21-2/h3-7,11-12,15,18H,8H2,1-2H3. The van der Waals surface area contributed by atoms with E-state index < -0.39 is 12.5 Å². The summed E-state index contributed by atoms with van der Waals surface area (Å²) in [5.41, 5.74) is 1.61. The molecule has 6 heteroatoms. The SMILES string of the molecule is COc1ccccc1C1CC(C(F)F)n2nc(C)cc2N1. The van der Waals surface area contributed by atoms with Gasteiger partial charge in [-0.1, -0.05) is 18.2 Å². The van der Waals surface area contributed by atoms with E-state index in [1.54, 1.807) is 20.1 Å². The van der Waals surface area contributed by atoms with Crippen molar-refractivity contribution < 1.29 is 13.5 Å². The van der Waals surface area contributed by atoms with E-state index in [1.807, 2.05) is 24.3 Å². The highest BCUT2D eigenvalue weighted by atomic mass is 19.3. The van der Waals surface area contributed by atoms with Crippen molar-refractivity contribution in [3.63, 3.8) is 0 Å². The molecule has 0 saturated heterocycles. The molecule has 0 saturated carbocycles. The van der Waals surface area contributed by atoms with Crippen LogP contribution >= 0.6 is 0 Å². The van der Waals surface area contributed by atoms with Gasteiger partial charge >= 0.3 is 0 Å². The molecule has 1 aliphatic rings. The number of alkyl halides is 2. The van der Waals surface area contributed by atoms with Gasteiger partial charge in [0.1, 0.15) is 17.6 Å². The topological polar surface area (TPSA) is 39.1 Å². The Morgan fingerprint density at radius 1 is 1.38 bits per heavy atom. The van der Waals surface area contributed by atoms with E-state index in [9.17, 15) is 8.78 Å². The normalized spacial score (nSPS) is 21.0. The molecule has 0 bridgehead atoms. The molecule has 0 fully saturated rings. The summed E-state index contributed by atoms with van der Waals surface area (Å²) in [5.74, 6) is 1.33. The molecule has 1 aromatic heterocycles. The molecule has 112 valence electrons. The van der Waals surface area contributed by atoms with E-state index >= 15 is 0 Å². The highest BCUT2D eigenvalue weighted by Crippen LogP contribution is 2.40. The lowest BCUT2D eigenvalue weighted by molar-refractivity contribution is 0.0655. The molecule has 0 amide bonds. The number of benzene rings is 1. The summed E-state index contributed by atoms with van der Waals surface area (Å²) < 4.78 is 33.5. The lowest BCUT2D eigenvalue weighted by Gasteiger charge is -2.32. The maximum Gasteiger partial charge on any atom is 0.260 e. The maximum atomic E-state index is 13.4. The molecule has 21 heavy (non-hydrogen) atoms. The van der Waals surface area contributed by atoms with E-state index in [4.69, 9.17) is 4.74 Å². The average molecular weight is 293 g/mol. The van der Waals surface area contributed by atoms with E-state index in [-0.39, 0.29) is 12.5 Å². The second kappa shape index (κ2) is 5.35. The number of anilines is 1. The second-order valence-corrected chi connectivity index (χ2v) is 5.19. The first-order chi connectivity index (χ1) is 10.1. The third-order valence-corrected chi connectivity index (χ3v) is 3.78. The molecule has 0 aliphatic carbocycles. The number of aryl methyl sites for hydroxylation is 1. The van der Waals surface area contributed by atoms with Crippen LogP contribution in [-0.2, 0) is 0 Å². The predicted octanol–water partition coefficient (Wildman–Crippen LogP) is 3.56. The Balaban J connectivity index is 2.00. The Morgan fingerprint density at radius 2 is 2.14 bits per heavy atom. The number of hydrogen-bond acceptors (Lipinski definition) is 3. The zero-order valence-electron chi connectivity index (χ0n) is 11.9. The fourth-order valence-electron chi connectivity index (χ4n) is 2.82. The molecule has 3 rings (SSSR count). The van der Waals surface area contributed by atoms with Gasteiger partial charge in [0, 0.05) is 11.6 Å². The number of nitrogens with one attached hydrogen (secondary N) is 1. The zero-order valence-corrected chi connectivity index (χ0v) is 11.9. The summed E-state index contributed by atoms with van der Waals surface area (Å²) in [6.07, 6.45) is -2.19. The molecule has 2 atom stereocenters. The molecular formula is C15H17F2N3O. The molecule has 2 unspecified atom stereocenters. The van der Waals surface area contributed by atoms with Crippen molar-refractivity contribution in [2.45, 2.75) is 31.9 Å². The maximum absolute atomic E-state index is 13.4. The number of methoxy groups -OCH3 is 1. The quantitative estimate of drug-likeness (QED) is 0.940. The lowest BCUT2D eigenvalue weighted by atomic mass is 9.96. The molecular weight excluding hydrogens is 276 g/mol. The fraction of sp³-hybridized carbons (Fsp3) is 0.400. The zero-order chi connectivity index (χ0) is 15.0. The number of rotatable bonds is 3. The van der Waals surface area contributed by atoms with Crippen LogP contribution in [-0.4, -0.2) is 23.3 Å². The smallest absolute Gasteiger partial charge is 0.260 e. The minimum absolute atomic E-state index is 0.219. The van der Waals surface area contributed by atoms with Crippen LogP contribution in [0.15, 0.2) is 30.3 Å². The number of aromatic nitrogens is 2. The minimum Gasteiger partial charge on any atom is -0.496 e. The van der Waals surface area contributed by atoms with Crippen molar-refractivity contribution in [2.24, 2.45) is 0 Å². The number of halogens is 2. The summed E-state index contributed by atoms with van der Waals surface area (Å²) in [6, 6.07) is 8.13. The van der Waals surface area contributed by atoms with E-state index in [1.165, 1.54) is 4.68 Å². The Labute approximate surface area is 121 Å². The van der Waals surface area contributed by atoms with Crippen LogP contribution in [0.4, 0.5) is 14.6 Å². The van der Waals surface area contributed by atoms with Gasteiger partial charge in [-0.15, -0.1) is 0 Å². The molecule has 0 spiro atoms. The number of fused-ring (bicyclic) bond motifs is 1. The summed E-state index contributed by atoms with van der Waals surface area (Å²) in [7, 11) is 1.58. The summed E-state index contributed by atoms with van der Waals surface area (Å²) in [4.78, 5) is 0. The van der Waals surface area contributed by atoms with E-state index in [0.717, 1.165) is 11.3 Å². The van der Waals surface area contributed by atoms with Crippen LogP contribution in [0.2, 0.25) is 0 Å². The van der Waals surface area contributed by atoms with Gasteiger partial charge in [0.05, 0.1) is 18.8 Å². The van der Waals surface area contributed by atoms with Gasteiger partial charge in [-0.25, -0.2) is 13.5 Å². The molecule has 1 N–H and O–H groups in total. The Hall–Kier alpha value is -2.11. The van der Waals surface area contributed by atoms with E-state index in [0.29, 0.717) is 11.6 Å². The largest absolute Gasteiger partial charge is 0.496 e. The van der Waals surface area contributed by atoms with Gasteiger partial charge in [-0.3, -0.25) is 0 Å². The van der Waals surface area contributed by atoms with Crippen molar-refractivity contribution >= 4 is 5.82 Å². The molecule has 2 aromatic rings. The van der Waals surface area contributed by atoms with E-state index in [2.05, 4.69) is 10.4 Å². The van der Waals surface area contributed by atoms with Gasteiger partial charge < -0.3 is 10.1 Å². The Kier molecular flexibility index (Phi) is 3.53. The summed E-state index contributed by atoms with van der Waals surface area (Å²) in [6.45, 7) is 1.80. The Bertz CT molecular complexity index is 642. The van der Waals surface area contributed by atoms with Crippen molar-refractivity contribution in [3.8, 4) is 5.75 Å². The number of nitrogens with zero attached hydrogens (tertiary/aromatic N) is 2. The van der Waals surface area contributed by atoms with Crippen LogP contribution in [0.1, 0.15) is 29.8 Å². The van der Waals surface area contributed by atoms with Crippen molar-refractivity contribution in [2.75, 3.05) is 12.4 Å². The van der Waals surface area contributed by atoms with Crippen LogP contribution in [0.3, 0.4) is 0 Å². The van der Waals surface area contributed by atoms with Gasteiger partial charge in [0.15, 0.2) is 0 Å². The van der Waals surface area contributed by atoms with Gasteiger partial charge in [0.25, 0.3) is 6.43 Å². The second-order valence-electron chi connectivity index (χ2n) is 5.19. The van der Waals surface area contributed by atoms with Gasteiger partial charge in [0.2, 0.25) is 0 Å². The van der Waals surface area contributed by atoms with Crippen LogP contribution < -0.4 is 10.1 Å². The van der Waals surface area contributed by atoms with Crippen molar-refractivity contribution in [3.05, 3.63) is 41.6 Å². The fourth-order valence-corrected chi connectivity index (χ4v) is 2.82. The first-order valence-electron chi connectivity index (χ1n) is 6.84. The third-order valence-electron chi connectivity index (χ3n) is 3.78. The highest BCUT2D eigenvalue weighted by molar-refractivity contribution is 5.46. The first-order valence-corrected chi connectivity index (χ1v) is 6.84. The molecule has 0 radical (unpaired) electrons. The number of para-hydroxylation sites is 1. The molecule has 1 aromatic carbocycles. The average Bonchev–Trinajstić information content (AvgIpc) is 2.85. The third kappa shape index (κ3) is 2.46. The monoisotopic (exact) mass is 293 g/mol. The molecule has 2 heterocycles. The Morgan fingerprint density at radius 3 is 2.86 bits per heavy atom. The van der Waals surface area contributed by atoms with Crippen molar-refractivity contribution in [1.29, 1.82) is 0 Å². The predicted molar refractivity (Wildman–Crippen MR) is 76.0 cm³/mol. The summed E-state index contributed by atoms with van der Waals surface area (Å²) in [5, 5.41) is 7.45. The molecule has 4 nitrogen and oxygen atoms in total. The van der Waals surface area contributed by atoms with Gasteiger partial charge in [-0.05, 0) is 19.4 Å². The molecule has 1 aliphatic heterocycles.